The van der Waals surface area contributed by atoms with E-state index in [2.05, 4.69) is 10.2 Å². The van der Waals surface area contributed by atoms with Crippen molar-refractivity contribution in [1.82, 2.24) is 15.1 Å². The number of methoxy groups -OCH3 is 1. The van der Waals surface area contributed by atoms with Crippen molar-refractivity contribution in [3.8, 4) is 16.9 Å². The Morgan fingerprint density at radius 2 is 2.03 bits per heavy atom. The van der Waals surface area contributed by atoms with Gasteiger partial charge >= 0.3 is 0 Å². The van der Waals surface area contributed by atoms with Crippen LogP contribution in [0, 0.1) is 12.8 Å². The first-order valence-electron chi connectivity index (χ1n) is 9.77. The fraction of sp³-hybridized carbons (Fsp3) is 0.304. The predicted molar refractivity (Wildman–Crippen MR) is 111 cm³/mol. The molecule has 1 aromatic heterocycles. The number of amides is 1. The van der Waals surface area contributed by atoms with Crippen LogP contribution in [0.15, 0.2) is 54.6 Å². The molecule has 0 bridgehead atoms. The maximum atomic E-state index is 13.1. The molecule has 0 spiro atoms. The number of aromatic amines is 1. The van der Waals surface area contributed by atoms with Crippen molar-refractivity contribution in [1.29, 1.82) is 0 Å². The number of aryl methyl sites for hydroxylation is 1. The van der Waals surface area contributed by atoms with Gasteiger partial charge < -0.3 is 14.7 Å². The van der Waals surface area contributed by atoms with E-state index in [0.717, 1.165) is 28.3 Å². The Kier molecular flexibility index (Phi) is 5.36. The summed E-state index contributed by atoms with van der Waals surface area (Å²) < 4.78 is 5.45. The van der Waals surface area contributed by atoms with Crippen molar-refractivity contribution in [3.63, 3.8) is 0 Å². The number of nitrogens with zero attached hydrogens (tertiary/aromatic N) is 2. The van der Waals surface area contributed by atoms with Gasteiger partial charge in [0, 0.05) is 35.8 Å². The van der Waals surface area contributed by atoms with E-state index < -0.39 is 6.10 Å². The van der Waals surface area contributed by atoms with Crippen molar-refractivity contribution in [2.24, 2.45) is 5.92 Å². The van der Waals surface area contributed by atoms with Crippen LogP contribution in [-0.4, -0.2) is 52.4 Å². The number of benzene rings is 2. The van der Waals surface area contributed by atoms with Gasteiger partial charge in [-0.3, -0.25) is 9.89 Å². The third-order valence-electron chi connectivity index (χ3n) is 5.45. The molecule has 4 rings (SSSR count). The Bertz CT molecular complexity index is 1010. The number of aliphatic hydroxyl groups excluding tert-OH is 1. The zero-order chi connectivity index (χ0) is 20.4. The van der Waals surface area contributed by atoms with Crippen molar-refractivity contribution in [2.75, 3.05) is 20.2 Å². The van der Waals surface area contributed by atoms with Gasteiger partial charge in [0.25, 0.3) is 5.91 Å². The average Bonchev–Trinajstić information content (AvgIpc) is 3.33. The van der Waals surface area contributed by atoms with Crippen molar-refractivity contribution >= 4 is 5.91 Å². The third kappa shape index (κ3) is 4.03. The number of aliphatic hydroxyl groups is 1. The SMILES string of the molecule is COc1ccccc1-c1cccc(C(=O)N2C[C@@H](Cc3cc(C)[nH]n3)[C@@H](O)C2)c1. The lowest BCUT2D eigenvalue weighted by molar-refractivity contribution is 0.0764. The van der Waals surface area contributed by atoms with E-state index in [1.54, 1.807) is 12.0 Å². The zero-order valence-corrected chi connectivity index (χ0v) is 16.6. The number of H-pyrrole nitrogens is 1. The summed E-state index contributed by atoms with van der Waals surface area (Å²) in [6.07, 6.45) is 0.102. The van der Waals surface area contributed by atoms with Gasteiger partial charge in [0.1, 0.15) is 5.75 Å². The fourth-order valence-electron chi connectivity index (χ4n) is 3.95. The number of hydrogen-bond acceptors (Lipinski definition) is 4. The first-order valence-corrected chi connectivity index (χ1v) is 9.77. The number of β-amino-alcohol motifs (C(OH)–C–C–N with tert-alkyl or cyclic N) is 1. The molecule has 0 aliphatic carbocycles. The van der Waals surface area contributed by atoms with Crippen molar-refractivity contribution in [2.45, 2.75) is 19.4 Å². The van der Waals surface area contributed by atoms with Crippen LogP contribution in [0.5, 0.6) is 5.75 Å². The number of ether oxygens (including phenoxy) is 1. The molecule has 0 saturated carbocycles. The summed E-state index contributed by atoms with van der Waals surface area (Å²) in [5, 5.41) is 17.7. The van der Waals surface area contributed by atoms with Gasteiger partial charge in [0.2, 0.25) is 0 Å². The molecule has 29 heavy (non-hydrogen) atoms. The second-order valence-corrected chi connectivity index (χ2v) is 7.57. The number of carbonyl (C=O) groups is 1. The number of rotatable bonds is 5. The van der Waals surface area contributed by atoms with Crippen LogP contribution in [0.2, 0.25) is 0 Å². The lowest BCUT2D eigenvalue weighted by Crippen LogP contribution is -2.29. The van der Waals surface area contributed by atoms with Crippen LogP contribution >= 0.6 is 0 Å². The van der Waals surface area contributed by atoms with E-state index in [9.17, 15) is 9.90 Å². The largest absolute Gasteiger partial charge is 0.496 e. The molecule has 2 N–H and O–H groups in total. The highest BCUT2D eigenvalue weighted by molar-refractivity contribution is 5.96. The van der Waals surface area contributed by atoms with Gasteiger partial charge in [-0.25, -0.2) is 0 Å². The topological polar surface area (TPSA) is 78.5 Å². The molecule has 1 aliphatic rings. The van der Waals surface area contributed by atoms with E-state index >= 15 is 0 Å². The van der Waals surface area contributed by atoms with Crippen LogP contribution in [0.4, 0.5) is 0 Å². The minimum atomic E-state index is -0.548. The second-order valence-electron chi connectivity index (χ2n) is 7.57. The van der Waals surface area contributed by atoms with E-state index in [1.807, 2.05) is 61.5 Å². The molecule has 1 aliphatic heterocycles. The summed E-state index contributed by atoms with van der Waals surface area (Å²) in [4.78, 5) is 14.8. The van der Waals surface area contributed by atoms with Gasteiger partial charge in [-0.2, -0.15) is 5.10 Å². The predicted octanol–water partition coefficient (Wildman–Crippen LogP) is 3.07. The number of nitrogens with one attached hydrogen (secondary N) is 1. The summed E-state index contributed by atoms with van der Waals surface area (Å²) in [5.74, 6) is 0.684. The molecule has 1 fully saturated rings. The zero-order valence-electron chi connectivity index (χ0n) is 16.6. The van der Waals surface area contributed by atoms with Crippen LogP contribution in [0.25, 0.3) is 11.1 Å². The molecule has 2 heterocycles. The molecule has 0 radical (unpaired) electrons. The smallest absolute Gasteiger partial charge is 0.253 e. The lowest BCUT2D eigenvalue weighted by Gasteiger charge is -2.17. The van der Waals surface area contributed by atoms with Gasteiger partial charge in [-0.1, -0.05) is 30.3 Å². The molecule has 6 heteroatoms. The molecule has 6 nitrogen and oxygen atoms in total. The molecule has 150 valence electrons. The van der Waals surface area contributed by atoms with Gasteiger partial charge in [-0.05, 0) is 43.2 Å². The van der Waals surface area contributed by atoms with Crippen LogP contribution < -0.4 is 4.74 Å². The lowest BCUT2D eigenvalue weighted by atomic mass is 10.00. The Labute approximate surface area is 170 Å². The highest BCUT2D eigenvalue weighted by Gasteiger charge is 2.34. The Morgan fingerprint density at radius 3 is 2.79 bits per heavy atom. The van der Waals surface area contributed by atoms with E-state index in [0.29, 0.717) is 25.1 Å². The third-order valence-corrected chi connectivity index (χ3v) is 5.45. The number of likely N-dealkylation sites (tertiary alicyclic amines) is 1. The molecule has 3 aromatic rings. The minimum absolute atomic E-state index is 0.0148. The summed E-state index contributed by atoms with van der Waals surface area (Å²) in [7, 11) is 1.64. The molecule has 1 saturated heterocycles. The van der Waals surface area contributed by atoms with Gasteiger partial charge in [0.05, 0.1) is 18.9 Å². The molecule has 2 atom stereocenters. The monoisotopic (exact) mass is 391 g/mol. The number of hydrogen-bond donors (Lipinski definition) is 2. The second kappa shape index (κ2) is 8.09. The molecular formula is C23H25N3O3. The molecule has 1 amide bonds. The van der Waals surface area contributed by atoms with E-state index in [4.69, 9.17) is 4.74 Å². The maximum Gasteiger partial charge on any atom is 0.253 e. The van der Waals surface area contributed by atoms with Gasteiger partial charge in [0.15, 0.2) is 0 Å². The average molecular weight is 391 g/mol. The summed E-state index contributed by atoms with van der Waals surface area (Å²) in [5.41, 5.74) is 4.39. The van der Waals surface area contributed by atoms with E-state index in [-0.39, 0.29) is 11.8 Å². The minimum Gasteiger partial charge on any atom is -0.496 e. The number of aromatic nitrogens is 2. The standard InChI is InChI=1S/C23H25N3O3/c1-15-10-19(25-24-15)12-18-13-26(14-21(18)27)23(28)17-7-5-6-16(11-17)20-8-3-4-9-22(20)29-2/h3-11,18,21,27H,12-14H2,1-2H3,(H,24,25)/t18-,21+/m1/s1. The van der Waals surface area contributed by atoms with Gasteiger partial charge in [-0.15, -0.1) is 0 Å². The molecule has 2 aromatic carbocycles. The summed E-state index contributed by atoms with van der Waals surface area (Å²) in [6, 6.07) is 17.3. The Morgan fingerprint density at radius 1 is 1.21 bits per heavy atom. The van der Waals surface area contributed by atoms with Crippen molar-refractivity contribution < 1.29 is 14.6 Å². The van der Waals surface area contributed by atoms with Crippen LogP contribution in [-0.2, 0) is 6.42 Å². The van der Waals surface area contributed by atoms with Crippen molar-refractivity contribution in [3.05, 3.63) is 71.5 Å². The number of para-hydroxylation sites is 1. The highest BCUT2D eigenvalue weighted by Crippen LogP contribution is 2.31. The Balaban J connectivity index is 1.51. The first kappa shape index (κ1) is 19.2. The molecule has 0 unspecified atom stereocenters. The summed E-state index contributed by atoms with van der Waals surface area (Å²) >= 11 is 0. The van der Waals surface area contributed by atoms with Crippen LogP contribution in [0.1, 0.15) is 21.7 Å². The highest BCUT2D eigenvalue weighted by atomic mass is 16.5. The Hall–Kier alpha value is -3.12. The van der Waals surface area contributed by atoms with E-state index in [1.165, 1.54) is 0 Å². The normalized spacial score (nSPS) is 18.8. The quantitative estimate of drug-likeness (QED) is 0.701. The maximum absolute atomic E-state index is 13.1. The summed E-state index contributed by atoms with van der Waals surface area (Å²) in [6.45, 7) is 2.81. The molecular weight excluding hydrogens is 366 g/mol. The number of carbonyl (C=O) groups excluding carboxylic acids is 1. The fourth-order valence-corrected chi connectivity index (χ4v) is 3.95. The first-order chi connectivity index (χ1) is 14.0. The van der Waals surface area contributed by atoms with Crippen LogP contribution in [0.3, 0.4) is 0 Å².